The summed E-state index contributed by atoms with van der Waals surface area (Å²) in [5.41, 5.74) is 6.62. The SMILES string of the molecule is COc1ccc(C(N)COCC(C)C)cc1F. The Hall–Kier alpha value is -1.13. The van der Waals surface area contributed by atoms with Crippen LogP contribution in [-0.4, -0.2) is 20.3 Å². The van der Waals surface area contributed by atoms with Crippen LogP contribution in [0.15, 0.2) is 18.2 Å². The fraction of sp³-hybridized carbons (Fsp3) is 0.538. The van der Waals surface area contributed by atoms with Gasteiger partial charge in [0.1, 0.15) is 0 Å². The number of hydrogen-bond acceptors (Lipinski definition) is 3. The average molecular weight is 241 g/mol. The Morgan fingerprint density at radius 1 is 1.29 bits per heavy atom. The molecular formula is C13H20FNO2. The van der Waals surface area contributed by atoms with Crippen LogP contribution in [0.3, 0.4) is 0 Å². The van der Waals surface area contributed by atoms with Gasteiger partial charge in [0.2, 0.25) is 0 Å². The number of methoxy groups -OCH3 is 1. The molecule has 0 saturated carbocycles. The predicted octanol–water partition coefficient (Wildman–Crippen LogP) is 2.51. The summed E-state index contributed by atoms with van der Waals surface area (Å²) in [6.45, 7) is 5.19. The largest absolute Gasteiger partial charge is 0.494 e. The molecule has 0 heterocycles. The minimum atomic E-state index is -0.399. The third kappa shape index (κ3) is 4.32. The Kier molecular flexibility index (Phi) is 5.38. The van der Waals surface area contributed by atoms with Crippen LogP contribution in [0.2, 0.25) is 0 Å². The monoisotopic (exact) mass is 241 g/mol. The van der Waals surface area contributed by atoms with E-state index in [0.29, 0.717) is 24.7 Å². The van der Waals surface area contributed by atoms with Crippen LogP contribution >= 0.6 is 0 Å². The molecule has 0 aliphatic heterocycles. The number of hydrogen-bond donors (Lipinski definition) is 1. The molecule has 0 bridgehead atoms. The average Bonchev–Trinajstić information content (AvgIpc) is 2.28. The van der Waals surface area contributed by atoms with Gasteiger partial charge in [-0.25, -0.2) is 4.39 Å². The zero-order chi connectivity index (χ0) is 12.8. The number of rotatable bonds is 6. The van der Waals surface area contributed by atoms with E-state index in [4.69, 9.17) is 15.2 Å². The number of nitrogens with two attached hydrogens (primary N) is 1. The maximum absolute atomic E-state index is 13.4. The molecule has 0 amide bonds. The molecule has 0 aromatic heterocycles. The second-order valence-electron chi connectivity index (χ2n) is 4.43. The lowest BCUT2D eigenvalue weighted by molar-refractivity contribution is 0.0983. The van der Waals surface area contributed by atoms with Crippen molar-refractivity contribution in [3.8, 4) is 5.75 Å². The third-order valence-corrected chi connectivity index (χ3v) is 2.35. The smallest absolute Gasteiger partial charge is 0.165 e. The van der Waals surface area contributed by atoms with E-state index >= 15 is 0 Å². The summed E-state index contributed by atoms with van der Waals surface area (Å²) in [5.74, 6) is 0.295. The van der Waals surface area contributed by atoms with E-state index in [-0.39, 0.29) is 11.8 Å². The third-order valence-electron chi connectivity index (χ3n) is 2.35. The Morgan fingerprint density at radius 3 is 2.53 bits per heavy atom. The zero-order valence-corrected chi connectivity index (χ0v) is 10.6. The molecule has 1 atom stereocenters. The molecule has 0 aliphatic carbocycles. The van der Waals surface area contributed by atoms with Crippen molar-refractivity contribution < 1.29 is 13.9 Å². The van der Waals surface area contributed by atoms with Gasteiger partial charge in [-0.05, 0) is 23.6 Å². The summed E-state index contributed by atoms with van der Waals surface area (Å²) in [4.78, 5) is 0. The van der Waals surface area contributed by atoms with Gasteiger partial charge in [0.25, 0.3) is 0 Å². The first-order chi connectivity index (χ1) is 8.04. The molecule has 0 spiro atoms. The predicted molar refractivity (Wildman–Crippen MR) is 65.5 cm³/mol. The molecule has 0 saturated heterocycles. The standard InChI is InChI=1S/C13H20FNO2/c1-9(2)7-17-8-12(15)10-4-5-13(16-3)11(14)6-10/h4-6,9,12H,7-8,15H2,1-3H3. The second-order valence-corrected chi connectivity index (χ2v) is 4.43. The maximum atomic E-state index is 13.4. The lowest BCUT2D eigenvalue weighted by Crippen LogP contribution is -2.18. The molecule has 17 heavy (non-hydrogen) atoms. The molecule has 0 fully saturated rings. The quantitative estimate of drug-likeness (QED) is 0.832. The highest BCUT2D eigenvalue weighted by Crippen LogP contribution is 2.21. The summed E-state index contributed by atoms with van der Waals surface area (Å²) >= 11 is 0. The van der Waals surface area contributed by atoms with Crippen molar-refractivity contribution in [1.29, 1.82) is 0 Å². The number of halogens is 1. The Balaban J connectivity index is 2.57. The lowest BCUT2D eigenvalue weighted by Gasteiger charge is -2.14. The molecule has 96 valence electrons. The van der Waals surface area contributed by atoms with E-state index < -0.39 is 5.82 Å². The highest BCUT2D eigenvalue weighted by molar-refractivity contribution is 5.30. The van der Waals surface area contributed by atoms with Crippen LogP contribution in [0.1, 0.15) is 25.5 Å². The molecule has 4 heteroatoms. The number of ether oxygens (including phenoxy) is 2. The van der Waals surface area contributed by atoms with E-state index in [1.54, 1.807) is 12.1 Å². The van der Waals surface area contributed by atoms with E-state index in [1.807, 2.05) is 0 Å². The van der Waals surface area contributed by atoms with Crippen LogP contribution in [-0.2, 0) is 4.74 Å². The van der Waals surface area contributed by atoms with Gasteiger partial charge in [-0.3, -0.25) is 0 Å². The van der Waals surface area contributed by atoms with Crippen molar-refractivity contribution in [3.05, 3.63) is 29.6 Å². The van der Waals surface area contributed by atoms with Gasteiger partial charge in [0, 0.05) is 6.61 Å². The van der Waals surface area contributed by atoms with Crippen LogP contribution in [0.25, 0.3) is 0 Å². The number of benzene rings is 1. The van der Waals surface area contributed by atoms with E-state index in [9.17, 15) is 4.39 Å². The van der Waals surface area contributed by atoms with Crippen molar-refractivity contribution >= 4 is 0 Å². The van der Waals surface area contributed by atoms with Crippen molar-refractivity contribution in [2.45, 2.75) is 19.9 Å². The summed E-state index contributed by atoms with van der Waals surface area (Å²) in [7, 11) is 1.43. The van der Waals surface area contributed by atoms with Gasteiger partial charge in [-0.1, -0.05) is 19.9 Å². The van der Waals surface area contributed by atoms with Gasteiger partial charge in [-0.2, -0.15) is 0 Å². The highest BCUT2D eigenvalue weighted by atomic mass is 19.1. The fourth-order valence-electron chi connectivity index (χ4n) is 1.44. The van der Waals surface area contributed by atoms with Crippen LogP contribution in [0.4, 0.5) is 4.39 Å². The molecule has 2 N–H and O–H groups in total. The van der Waals surface area contributed by atoms with Crippen LogP contribution < -0.4 is 10.5 Å². The first-order valence-electron chi connectivity index (χ1n) is 5.71. The fourth-order valence-corrected chi connectivity index (χ4v) is 1.44. The van der Waals surface area contributed by atoms with Crippen molar-refractivity contribution in [1.82, 2.24) is 0 Å². The summed E-state index contributed by atoms with van der Waals surface area (Å²) < 4.78 is 23.7. The van der Waals surface area contributed by atoms with E-state index in [1.165, 1.54) is 13.2 Å². The van der Waals surface area contributed by atoms with Crippen molar-refractivity contribution in [2.24, 2.45) is 11.7 Å². The highest BCUT2D eigenvalue weighted by Gasteiger charge is 2.10. The minimum Gasteiger partial charge on any atom is -0.494 e. The Labute approximate surface area is 102 Å². The van der Waals surface area contributed by atoms with Gasteiger partial charge < -0.3 is 15.2 Å². The van der Waals surface area contributed by atoms with Gasteiger partial charge in [0.15, 0.2) is 11.6 Å². The molecule has 1 rings (SSSR count). The minimum absolute atomic E-state index is 0.226. The zero-order valence-electron chi connectivity index (χ0n) is 10.6. The summed E-state index contributed by atoms with van der Waals surface area (Å²) in [6, 6.07) is 4.41. The van der Waals surface area contributed by atoms with E-state index in [0.717, 1.165) is 0 Å². The van der Waals surface area contributed by atoms with Crippen molar-refractivity contribution in [3.63, 3.8) is 0 Å². The van der Waals surface area contributed by atoms with E-state index in [2.05, 4.69) is 13.8 Å². The van der Waals surface area contributed by atoms with Gasteiger partial charge >= 0.3 is 0 Å². The maximum Gasteiger partial charge on any atom is 0.165 e. The van der Waals surface area contributed by atoms with Gasteiger partial charge in [0.05, 0.1) is 19.8 Å². The first kappa shape index (κ1) is 13.9. The molecular weight excluding hydrogens is 221 g/mol. The molecule has 1 aromatic carbocycles. The Morgan fingerprint density at radius 2 is 2.00 bits per heavy atom. The summed E-state index contributed by atoms with van der Waals surface area (Å²) in [6.07, 6.45) is 0. The molecule has 1 aromatic rings. The van der Waals surface area contributed by atoms with Crippen molar-refractivity contribution in [2.75, 3.05) is 20.3 Å². The van der Waals surface area contributed by atoms with Crippen LogP contribution in [0.5, 0.6) is 5.75 Å². The lowest BCUT2D eigenvalue weighted by atomic mass is 10.1. The normalized spacial score (nSPS) is 12.8. The second kappa shape index (κ2) is 6.57. The Bertz CT molecular complexity index is 355. The topological polar surface area (TPSA) is 44.5 Å². The molecule has 1 unspecified atom stereocenters. The van der Waals surface area contributed by atoms with Crippen LogP contribution in [0, 0.1) is 11.7 Å². The molecule has 3 nitrogen and oxygen atoms in total. The molecule has 0 aliphatic rings. The first-order valence-corrected chi connectivity index (χ1v) is 5.71. The van der Waals surface area contributed by atoms with Gasteiger partial charge in [-0.15, -0.1) is 0 Å². The summed E-state index contributed by atoms with van der Waals surface area (Å²) in [5, 5.41) is 0. The molecule has 0 radical (unpaired) electrons.